The molecule has 0 heterocycles. The molecule has 6 nitrogen and oxygen atoms in total. The SMILES string of the molecule is O=Cc1ccccc1NC(=O)c1ccccc1[N+](=O)[O-]. The van der Waals surface area contributed by atoms with Crippen LogP contribution in [0.1, 0.15) is 20.7 Å². The van der Waals surface area contributed by atoms with Crippen LogP contribution in [0.2, 0.25) is 0 Å². The number of para-hydroxylation sites is 2. The van der Waals surface area contributed by atoms with Crippen LogP contribution in [-0.4, -0.2) is 17.1 Å². The van der Waals surface area contributed by atoms with Gasteiger partial charge in [0.05, 0.1) is 10.6 Å². The summed E-state index contributed by atoms with van der Waals surface area (Å²) in [6.07, 6.45) is 0.606. The smallest absolute Gasteiger partial charge is 0.282 e. The maximum atomic E-state index is 12.1. The maximum Gasteiger partial charge on any atom is 0.282 e. The van der Waals surface area contributed by atoms with E-state index in [2.05, 4.69) is 5.32 Å². The summed E-state index contributed by atoms with van der Waals surface area (Å²) in [4.78, 5) is 33.2. The number of benzene rings is 2. The molecule has 0 aliphatic rings. The van der Waals surface area contributed by atoms with Gasteiger partial charge in [0.2, 0.25) is 0 Å². The molecule has 2 aromatic carbocycles. The van der Waals surface area contributed by atoms with E-state index in [1.807, 2.05) is 0 Å². The van der Waals surface area contributed by atoms with Crippen LogP contribution in [0.3, 0.4) is 0 Å². The van der Waals surface area contributed by atoms with E-state index >= 15 is 0 Å². The van der Waals surface area contributed by atoms with Crippen molar-refractivity contribution in [2.45, 2.75) is 0 Å². The third-order valence-electron chi connectivity index (χ3n) is 2.68. The van der Waals surface area contributed by atoms with Gasteiger partial charge in [-0.25, -0.2) is 0 Å². The number of nitro groups is 1. The van der Waals surface area contributed by atoms with Crippen LogP contribution in [0.15, 0.2) is 48.5 Å². The van der Waals surface area contributed by atoms with Crippen molar-refractivity contribution >= 4 is 23.6 Å². The van der Waals surface area contributed by atoms with Crippen LogP contribution in [0.25, 0.3) is 0 Å². The molecule has 20 heavy (non-hydrogen) atoms. The molecule has 0 spiro atoms. The number of carbonyl (C=O) groups excluding carboxylic acids is 2. The number of aldehydes is 1. The second-order valence-electron chi connectivity index (χ2n) is 3.93. The van der Waals surface area contributed by atoms with E-state index in [1.54, 1.807) is 24.3 Å². The lowest BCUT2D eigenvalue weighted by Gasteiger charge is -2.07. The topological polar surface area (TPSA) is 89.3 Å². The molecule has 0 aliphatic carbocycles. The first kappa shape index (κ1) is 13.4. The molecule has 0 atom stereocenters. The minimum absolute atomic E-state index is 0.0572. The summed E-state index contributed by atoms with van der Waals surface area (Å²) >= 11 is 0. The van der Waals surface area contributed by atoms with E-state index < -0.39 is 10.8 Å². The first-order valence-electron chi connectivity index (χ1n) is 5.72. The highest BCUT2D eigenvalue weighted by Gasteiger charge is 2.19. The molecule has 0 aromatic heterocycles. The lowest BCUT2D eigenvalue weighted by molar-refractivity contribution is -0.385. The van der Waals surface area contributed by atoms with Gasteiger partial charge >= 0.3 is 0 Å². The molecule has 0 saturated heterocycles. The van der Waals surface area contributed by atoms with Gasteiger partial charge < -0.3 is 5.32 Å². The predicted molar refractivity (Wildman–Crippen MR) is 72.9 cm³/mol. The fourth-order valence-electron chi connectivity index (χ4n) is 1.73. The van der Waals surface area contributed by atoms with Crippen molar-refractivity contribution in [2.24, 2.45) is 0 Å². The molecule has 0 fully saturated rings. The Morgan fingerprint density at radius 1 is 1.10 bits per heavy atom. The van der Waals surface area contributed by atoms with Crippen LogP contribution in [0.4, 0.5) is 11.4 Å². The highest BCUT2D eigenvalue weighted by molar-refractivity contribution is 6.08. The first-order chi connectivity index (χ1) is 9.63. The molecule has 0 aliphatic heterocycles. The molecule has 1 N–H and O–H groups in total. The number of nitrogens with zero attached hydrogens (tertiary/aromatic N) is 1. The Morgan fingerprint density at radius 2 is 1.75 bits per heavy atom. The molecule has 0 saturated carbocycles. The Morgan fingerprint density at radius 3 is 2.45 bits per heavy atom. The van der Waals surface area contributed by atoms with Crippen LogP contribution < -0.4 is 5.32 Å². The normalized spacial score (nSPS) is 9.80. The lowest BCUT2D eigenvalue weighted by atomic mass is 10.1. The molecule has 2 rings (SSSR count). The molecule has 1 amide bonds. The highest BCUT2D eigenvalue weighted by Crippen LogP contribution is 2.20. The van der Waals surface area contributed by atoms with E-state index in [-0.39, 0.29) is 11.3 Å². The summed E-state index contributed by atoms with van der Waals surface area (Å²) in [5, 5.41) is 13.4. The van der Waals surface area contributed by atoms with Crippen molar-refractivity contribution in [3.8, 4) is 0 Å². The Bertz CT molecular complexity index is 682. The number of nitro benzene ring substituents is 1. The second-order valence-corrected chi connectivity index (χ2v) is 3.93. The van der Waals surface area contributed by atoms with E-state index in [9.17, 15) is 19.7 Å². The average Bonchev–Trinajstić information content (AvgIpc) is 2.47. The van der Waals surface area contributed by atoms with Crippen LogP contribution in [-0.2, 0) is 0 Å². The van der Waals surface area contributed by atoms with E-state index in [4.69, 9.17) is 0 Å². The number of amides is 1. The van der Waals surface area contributed by atoms with Crippen molar-refractivity contribution in [1.82, 2.24) is 0 Å². The molecule has 100 valence electrons. The fourth-order valence-corrected chi connectivity index (χ4v) is 1.73. The van der Waals surface area contributed by atoms with Crippen molar-refractivity contribution in [2.75, 3.05) is 5.32 Å². The highest BCUT2D eigenvalue weighted by atomic mass is 16.6. The Labute approximate surface area is 114 Å². The van der Waals surface area contributed by atoms with Crippen LogP contribution in [0, 0.1) is 10.1 Å². The summed E-state index contributed by atoms with van der Waals surface area (Å²) in [5.74, 6) is -0.633. The van der Waals surface area contributed by atoms with Crippen LogP contribution >= 0.6 is 0 Å². The zero-order valence-corrected chi connectivity index (χ0v) is 10.3. The summed E-state index contributed by atoms with van der Waals surface area (Å²) in [6.45, 7) is 0. The zero-order valence-electron chi connectivity index (χ0n) is 10.3. The quantitative estimate of drug-likeness (QED) is 0.525. The molecule has 6 heteroatoms. The molecular weight excluding hydrogens is 260 g/mol. The second kappa shape index (κ2) is 5.75. The van der Waals surface area contributed by atoms with Gasteiger partial charge in [-0.2, -0.15) is 0 Å². The van der Waals surface area contributed by atoms with Crippen LogP contribution in [0.5, 0.6) is 0 Å². The summed E-state index contributed by atoms with van der Waals surface area (Å²) < 4.78 is 0. The predicted octanol–water partition coefficient (Wildman–Crippen LogP) is 2.66. The number of carbonyl (C=O) groups is 2. The Kier molecular flexibility index (Phi) is 3.85. The molecular formula is C14H10N2O4. The van der Waals surface area contributed by atoms with Gasteiger partial charge in [0.25, 0.3) is 11.6 Å². The van der Waals surface area contributed by atoms with Gasteiger partial charge in [-0.15, -0.1) is 0 Å². The van der Waals surface area contributed by atoms with E-state index in [0.717, 1.165) is 0 Å². The van der Waals surface area contributed by atoms with Gasteiger partial charge in [-0.3, -0.25) is 19.7 Å². The van der Waals surface area contributed by atoms with Gasteiger partial charge in [-0.05, 0) is 18.2 Å². The lowest BCUT2D eigenvalue weighted by Crippen LogP contribution is -2.14. The first-order valence-corrected chi connectivity index (χ1v) is 5.72. The zero-order chi connectivity index (χ0) is 14.5. The third-order valence-corrected chi connectivity index (χ3v) is 2.68. The van der Waals surface area contributed by atoms with Gasteiger partial charge in [0.15, 0.2) is 6.29 Å². The standard InChI is InChI=1S/C14H10N2O4/c17-9-10-5-1-3-7-12(10)15-14(18)11-6-2-4-8-13(11)16(19)20/h1-9H,(H,15,18). The number of hydrogen-bond acceptors (Lipinski definition) is 4. The number of hydrogen-bond donors (Lipinski definition) is 1. The van der Waals surface area contributed by atoms with Crippen molar-refractivity contribution in [1.29, 1.82) is 0 Å². The summed E-state index contributed by atoms with van der Waals surface area (Å²) in [7, 11) is 0. The maximum absolute atomic E-state index is 12.1. The van der Waals surface area contributed by atoms with Gasteiger partial charge in [0, 0.05) is 11.6 Å². The Balaban J connectivity index is 2.34. The van der Waals surface area contributed by atoms with Gasteiger partial charge in [-0.1, -0.05) is 24.3 Å². The van der Waals surface area contributed by atoms with Crippen molar-refractivity contribution < 1.29 is 14.5 Å². The largest absolute Gasteiger partial charge is 0.321 e. The monoisotopic (exact) mass is 270 g/mol. The fraction of sp³-hybridized carbons (Fsp3) is 0. The van der Waals surface area contributed by atoms with E-state index in [1.165, 1.54) is 24.3 Å². The summed E-state index contributed by atoms with van der Waals surface area (Å²) in [5.41, 5.74) is 0.275. The Hall–Kier alpha value is -3.02. The van der Waals surface area contributed by atoms with E-state index in [0.29, 0.717) is 17.5 Å². The minimum atomic E-state index is -0.633. The van der Waals surface area contributed by atoms with Crippen molar-refractivity contribution in [3.63, 3.8) is 0 Å². The molecule has 2 aromatic rings. The number of rotatable bonds is 4. The number of anilines is 1. The minimum Gasteiger partial charge on any atom is -0.321 e. The summed E-state index contributed by atoms with van der Waals surface area (Å²) in [6, 6.07) is 12.0. The number of nitrogens with one attached hydrogen (secondary N) is 1. The molecule has 0 bridgehead atoms. The van der Waals surface area contributed by atoms with Crippen molar-refractivity contribution in [3.05, 3.63) is 69.8 Å². The molecule has 0 unspecified atom stereocenters. The van der Waals surface area contributed by atoms with Gasteiger partial charge in [0.1, 0.15) is 5.56 Å². The molecule has 0 radical (unpaired) electrons. The third kappa shape index (κ3) is 2.69. The average molecular weight is 270 g/mol.